The molecule has 0 aliphatic carbocycles. The van der Waals surface area contributed by atoms with E-state index in [-0.39, 0.29) is 5.69 Å². The molecule has 0 fully saturated rings. The number of hydrogen-bond donors (Lipinski definition) is 2. The molecular formula is C7H10N2O3. The highest BCUT2D eigenvalue weighted by atomic mass is 16.8. The Kier molecular flexibility index (Phi) is 2.98. The monoisotopic (exact) mass is 170 g/mol. The smallest absolute Gasteiger partial charge is 0.224 e. The van der Waals surface area contributed by atoms with Crippen molar-refractivity contribution in [1.82, 2.24) is 4.98 Å². The van der Waals surface area contributed by atoms with E-state index in [9.17, 15) is 5.21 Å². The predicted molar refractivity (Wildman–Crippen MR) is 41.2 cm³/mol. The number of hydrogen-bond acceptors (Lipinski definition) is 4. The van der Waals surface area contributed by atoms with Crippen LogP contribution in [-0.4, -0.2) is 16.8 Å². The number of rotatable bonds is 3. The fourth-order valence-electron chi connectivity index (χ4n) is 0.824. The summed E-state index contributed by atoms with van der Waals surface area (Å²) in [5.41, 5.74) is 0.0966. The third-order valence-electron chi connectivity index (χ3n) is 1.31. The third kappa shape index (κ3) is 1.91. The molecule has 12 heavy (non-hydrogen) atoms. The normalized spacial score (nSPS) is 12.6. The minimum atomic E-state index is -1.02. The lowest BCUT2D eigenvalue weighted by Gasteiger charge is -2.14. The molecule has 2 N–H and O–H groups in total. The first-order valence-electron chi connectivity index (χ1n) is 3.55. The van der Waals surface area contributed by atoms with Crippen molar-refractivity contribution in [2.75, 3.05) is 6.61 Å². The standard InChI is InChI=1S/C7H10N2O3/c1-2-12-7-3-4-8-5-6(7)9(10)11/h3-5,9-10H,2H2,1H3. The second kappa shape index (κ2) is 4.01. The van der Waals surface area contributed by atoms with E-state index in [1.54, 1.807) is 6.92 Å². The molecule has 1 rings (SSSR count). The zero-order valence-corrected chi connectivity index (χ0v) is 6.65. The molecule has 0 aromatic carbocycles. The summed E-state index contributed by atoms with van der Waals surface area (Å²) in [6.07, 6.45) is 2.77. The van der Waals surface area contributed by atoms with Gasteiger partial charge in [0.15, 0.2) is 5.75 Å². The Morgan fingerprint density at radius 1 is 1.75 bits per heavy atom. The average molecular weight is 170 g/mol. The molecule has 0 aliphatic rings. The molecule has 0 spiro atoms. The largest absolute Gasteiger partial charge is 0.595 e. The van der Waals surface area contributed by atoms with Gasteiger partial charge >= 0.3 is 0 Å². The lowest BCUT2D eigenvalue weighted by atomic mass is 10.4. The lowest BCUT2D eigenvalue weighted by Crippen LogP contribution is -2.99. The third-order valence-corrected chi connectivity index (χ3v) is 1.31. The van der Waals surface area contributed by atoms with Gasteiger partial charge in [0.25, 0.3) is 0 Å². The van der Waals surface area contributed by atoms with Gasteiger partial charge in [-0.25, -0.2) is 5.21 Å². The molecule has 66 valence electrons. The molecule has 0 radical (unpaired) electrons. The molecular weight excluding hydrogens is 160 g/mol. The maximum atomic E-state index is 10.6. The minimum Gasteiger partial charge on any atom is -0.595 e. The van der Waals surface area contributed by atoms with Crippen molar-refractivity contribution < 1.29 is 15.2 Å². The zero-order valence-electron chi connectivity index (χ0n) is 6.65. The Morgan fingerprint density at radius 3 is 3.08 bits per heavy atom. The van der Waals surface area contributed by atoms with Crippen LogP contribution in [-0.2, 0) is 0 Å². The van der Waals surface area contributed by atoms with Crippen LogP contribution in [0.2, 0.25) is 0 Å². The molecule has 1 heterocycles. The summed E-state index contributed by atoms with van der Waals surface area (Å²) in [6.45, 7) is 2.25. The Morgan fingerprint density at radius 2 is 2.50 bits per heavy atom. The number of nitrogens with zero attached hydrogens (tertiary/aromatic N) is 1. The van der Waals surface area contributed by atoms with Crippen LogP contribution in [0, 0.1) is 5.21 Å². The second-order valence-electron chi connectivity index (χ2n) is 2.11. The number of ether oxygens (including phenoxy) is 1. The van der Waals surface area contributed by atoms with Crippen LogP contribution in [0.3, 0.4) is 0 Å². The van der Waals surface area contributed by atoms with Crippen LogP contribution >= 0.6 is 0 Å². The molecule has 0 saturated carbocycles. The first-order chi connectivity index (χ1) is 5.75. The molecule has 1 aromatic rings. The number of nitrogens with one attached hydrogen (secondary N) is 1. The number of aromatic nitrogens is 1. The summed E-state index contributed by atoms with van der Waals surface area (Å²) in [5.74, 6) is 0.361. The molecule has 0 amide bonds. The molecule has 1 aromatic heterocycles. The van der Waals surface area contributed by atoms with Gasteiger partial charge in [0, 0.05) is 12.3 Å². The Labute approximate surface area is 69.8 Å². The molecule has 0 aliphatic heterocycles. The molecule has 5 heteroatoms. The number of quaternary nitrogens is 1. The van der Waals surface area contributed by atoms with Gasteiger partial charge in [0.2, 0.25) is 5.69 Å². The molecule has 1 unspecified atom stereocenters. The molecule has 5 nitrogen and oxygen atoms in total. The first kappa shape index (κ1) is 8.92. The van der Waals surface area contributed by atoms with Crippen molar-refractivity contribution in [3.05, 3.63) is 23.7 Å². The SMILES string of the molecule is CCOc1ccncc1[NH+]([O-])O. The van der Waals surface area contributed by atoms with Crippen LogP contribution in [0.5, 0.6) is 5.75 Å². The summed E-state index contributed by atoms with van der Waals surface area (Å²) in [7, 11) is 0. The molecule has 1 atom stereocenters. The van der Waals surface area contributed by atoms with E-state index in [1.807, 2.05) is 0 Å². The van der Waals surface area contributed by atoms with Gasteiger partial charge in [-0.15, -0.1) is 0 Å². The lowest BCUT2D eigenvalue weighted by molar-refractivity contribution is -0.991. The van der Waals surface area contributed by atoms with Gasteiger partial charge in [0.1, 0.15) is 0 Å². The highest BCUT2D eigenvalue weighted by molar-refractivity contribution is 5.42. The van der Waals surface area contributed by atoms with Gasteiger partial charge in [-0.3, -0.25) is 4.98 Å². The van der Waals surface area contributed by atoms with Crippen LogP contribution in [0.1, 0.15) is 6.92 Å². The van der Waals surface area contributed by atoms with Gasteiger partial charge in [0.05, 0.1) is 12.8 Å². The first-order valence-corrected chi connectivity index (χ1v) is 3.55. The maximum Gasteiger partial charge on any atom is 0.224 e. The topological polar surface area (TPSA) is 69.9 Å². The maximum absolute atomic E-state index is 10.6. The fourth-order valence-corrected chi connectivity index (χ4v) is 0.824. The van der Waals surface area contributed by atoms with Crippen molar-refractivity contribution >= 4 is 5.69 Å². The van der Waals surface area contributed by atoms with E-state index in [4.69, 9.17) is 9.94 Å². The van der Waals surface area contributed by atoms with E-state index < -0.39 is 5.23 Å². The number of pyridine rings is 1. The fraction of sp³-hybridized carbons (Fsp3) is 0.286. The van der Waals surface area contributed by atoms with Crippen molar-refractivity contribution in [2.24, 2.45) is 0 Å². The zero-order chi connectivity index (χ0) is 8.97. The van der Waals surface area contributed by atoms with Crippen LogP contribution in [0.15, 0.2) is 18.5 Å². The van der Waals surface area contributed by atoms with E-state index in [2.05, 4.69) is 4.98 Å². The van der Waals surface area contributed by atoms with Gasteiger partial charge < -0.3 is 9.94 Å². The highest BCUT2D eigenvalue weighted by Gasteiger charge is 2.08. The van der Waals surface area contributed by atoms with Crippen LogP contribution in [0.4, 0.5) is 5.69 Å². The predicted octanol–water partition coefficient (Wildman–Crippen LogP) is -0.116. The van der Waals surface area contributed by atoms with Crippen molar-refractivity contribution in [2.45, 2.75) is 6.92 Å². The second-order valence-corrected chi connectivity index (χ2v) is 2.11. The van der Waals surface area contributed by atoms with Crippen molar-refractivity contribution in [1.29, 1.82) is 0 Å². The van der Waals surface area contributed by atoms with Gasteiger partial charge in [-0.2, -0.15) is 5.23 Å². The van der Waals surface area contributed by atoms with E-state index in [1.165, 1.54) is 18.5 Å². The van der Waals surface area contributed by atoms with Crippen molar-refractivity contribution in [3.63, 3.8) is 0 Å². The summed E-state index contributed by atoms with van der Waals surface area (Å²) in [6, 6.07) is 1.53. The van der Waals surface area contributed by atoms with Crippen LogP contribution < -0.4 is 9.96 Å². The Balaban J connectivity index is 2.92. The van der Waals surface area contributed by atoms with E-state index in [0.717, 1.165) is 0 Å². The van der Waals surface area contributed by atoms with E-state index >= 15 is 0 Å². The summed E-state index contributed by atoms with van der Waals surface area (Å²) < 4.78 is 5.08. The Hall–Kier alpha value is -1.17. The van der Waals surface area contributed by atoms with Crippen LogP contribution in [0.25, 0.3) is 0 Å². The minimum absolute atomic E-state index is 0.0966. The van der Waals surface area contributed by atoms with Gasteiger partial charge in [-0.05, 0) is 6.92 Å². The molecule has 0 saturated heterocycles. The quantitative estimate of drug-likeness (QED) is 0.620. The van der Waals surface area contributed by atoms with E-state index in [0.29, 0.717) is 12.4 Å². The summed E-state index contributed by atoms with van der Waals surface area (Å²) in [5, 5.41) is 18.2. The van der Waals surface area contributed by atoms with Crippen molar-refractivity contribution in [3.8, 4) is 5.75 Å². The molecule has 0 bridgehead atoms. The highest BCUT2D eigenvalue weighted by Crippen LogP contribution is 2.17. The average Bonchev–Trinajstić information content (AvgIpc) is 2.05. The Bertz CT molecular complexity index is 252. The summed E-state index contributed by atoms with van der Waals surface area (Å²) in [4.78, 5) is 3.69. The summed E-state index contributed by atoms with van der Waals surface area (Å²) >= 11 is 0. The van der Waals surface area contributed by atoms with Gasteiger partial charge in [-0.1, -0.05) is 0 Å².